The largest absolute Gasteiger partial charge is 0.497 e. The summed E-state index contributed by atoms with van der Waals surface area (Å²) in [6.07, 6.45) is 4.84. The van der Waals surface area contributed by atoms with Crippen molar-refractivity contribution in [3.63, 3.8) is 0 Å². The third-order valence-corrected chi connectivity index (χ3v) is 5.01. The number of hydrogen-bond acceptors (Lipinski definition) is 5. The fraction of sp³-hybridized carbons (Fsp3) is 0.350. The van der Waals surface area contributed by atoms with Gasteiger partial charge in [-0.15, -0.1) is 5.10 Å². The Kier molecular flexibility index (Phi) is 5.21. The van der Waals surface area contributed by atoms with E-state index in [1.807, 2.05) is 0 Å². The van der Waals surface area contributed by atoms with Gasteiger partial charge in [-0.25, -0.2) is 9.18 Å². The maximum atomic E-state index is 13.4. The summed E-state index contributed by atoms with van der Waals surface area (Å²) < 4.78 is 19.9. The lowest BCUT2D eigenvalue weighted by molar-refractivity contribution is 0.196. The van der Waals surface area contributed by atoms with E-state index >= 15 is 0 Å². The van der Waals surface area contributed by atoms with Crippen molar-refractivity contribution in [3.8, 4) is 11.4 Å². The molecule has 3 heterocycles. The number of nitrogens with zero attached hydrogens (tertiary/aromatic N) is 4. The van der Waals surface area contributed by atoms with Gasteiger partial charge in [0.15, 0.2) is 0 Å². The van der Waals surface area contributed by atoms with Crippen molar-refractivity contribution in [2.45, 2.75) is 25.3 Å². The number of likely N-dealkylation sites (tertiary alicyclic amines) is 1. The Hall–Kier alpha value is -3.00. The maximum Gasteiger partial charge on any atom is 0.348 e. The average molecular weight is 383 g/mol. The number of hydrogen-bond donors (Lipinski definition) is 1. The summed E-state index contributed by atoms with van der Waals surface area (Å²) in [4.78, 5) is 21.5. The van der Waals surface area contributed by atoms with E-state index in [2.05, 4.69) is 20.0 Å². The predicted octanol–water partition coefficient (Wildman–Crippen LogP) is 2.48. The van der Waals surface area contributed by atoms with Gasteiger partial charge in [-0.3, -0.25) is 14.9 Å². The van der Waals surface area contributed by atoms with Crippen LogP contribution in [0, 0.1) is 5.82 Å². The van der Waals surface area contributed by atoms with Crippen molar-refractivity contribution in [2.24, 2.45) is 0 Å². The van der Waals surface area contributed by atoms with Crippen LogP contribution in [0.2, 0.25) is 0 Å². The molecule has 3 aromatic rings. The van der Waals surface area contributed by atoms with E-state index in [9.17, 15) is 9.18 Å². The van der Waals surface area contributed by atoms with Crippen LogP contribution in [0.3, 0.4) is 0 Å². The summed E-state index contributed by atoms with van der Waals surface area (Å²) in [6, 6.07) is 8.71. The molecule has 1 unspecified atom stereocenters. The Balaban J connectivity index is 1.50. The smallest absolute Gasteiger partial charge is 0.348 e. The molecular weight excluding hydrogens is 361 g/mol. The van der Waals surface area contributed by atoms with E-state index in [0.29, 0.717) is 18.1 Å². The molecule has 0 saturated carbocycles. The third kappa shape index (κ3) is 3.96. The number of H-pyrrole nitrogens is 1. The number of nitrogens with one attached hydrogen (secondary N) is 1. The first-order chi connectivity index (χ1) is 13.6. The highest BCUT2D eigenvalue weighted by Crippen LogP contribution is 2.25. The topological polar surface area (TPSA) is 76.0 Å². The lowest BCUT2D eigenvalue weighted by Crippen LogP contribution is -2.34. The summed E-state index contributed by atoms with van der Waals surface area (Å²) in [5.74, 6) is 1.21. The highest BCUT2D eigenvalue weighted by molar-refractivity contribution is 5.36. The van der Waals surface area contributed by atoms with Gasteiger partial charge < -0.3 is 4.74 Å². The molecule has 1 aliphatic rings. The van der Waals surface area contributed by atoms with Gasteiger partial charge in [-0.05, 0) is 55.3 Å². The number of aromatic nitrogens is 4. The van der Waals surface area contributed by atoms with Gasteiger partial charge in [-0.2, -0.15) is 4.68 Å². The average Bonchev–Trinajstić information content (AvgIpc) is 3.10. The second kappa shape index (κ2) is 7.93. The van der Waals surface area contributed by atoms with Crippen LogP contribution in [0.1, 0.15) is 30.1 Å². The normalized spacial score (nSPS) is 17.6. The van der Waals surface area contributed by atoms with Gasteiger partial charge in [0.05, 0.1) is 19.0 Å². The minimum absolute atomic E-state index is 0.127. The molecule has 0 radical (unpaired) electrons. The first kappa shape index (κ1) is 18.4. The van der Waals surface area contributed by atoms with Gasteiger partial charge >= 0.3 is 5.69 Å². The van der Waals surface area contributed by atoms with E-state index in [-0.39, 0.29) is 17.4 Å². The molecule has 1 saturated heterocycles. The molecular formula is C20H22FN5O2. The van der Waals surface area contributed by atoms with Crippen LogP contribution in [-0.2, 0) is 6.54 Å². The van der Waals surface area contributed by atoms with Gasteiger partial charge in [0.25, 0.3) is 0 Å². The van der Waals surface area contributed by atoms with Crippen LogP contribution in [-0.4, -0.2) is 44.8 Å². The summed E-state index contributed by atoms with van der Waals surface area (Å²) in [5, 5.41) is 4.52. The Labute approximate surface area is 161 Å². The molecule has 1 N–H and O–H groups in total. The lowest BCUT2D eigenvalue weighted by Gasteiger charge is -2.31. The van der Waals surface area contributed by atoms with Crippen molar-refractivity contribution in [1.82, 2.24) is 24.6 Å². The molecule has 28 heavy (non-hydrogen) atoms. The summed E-state index contributed by atoms with van der Waals surface area (Å²) >= 11 is 0. The number of methoxy groups -OCH3 is 1. The molecule has 146 valence electrons. The maximum absolute atomic E-state index is 13.4. The van der Waals surface area contributed by atoms with E-state index < -0.39 is 0 Å². The standard InChI is InChI=1S/C20H22FN5O2/c1-28-18-6-4-17(5-7-18)26-20(27)23-19(24-26)15-3-2-8-25(13-15)12-14-9-16(21)11-22-10-14/h4-7,9-11,15H,2-3,8,12-13H2,1H3,(H,23,24,27). The Bertz CT molecular complexity index is 998. The first-order valence-electron chi connectivity index (χ1n) is 9.28. The van der Waals surface area contributed by atoms with Crippen LogP contribution < -0.4 is 10.4 Å². The van der Waals surface area contributed by atoms with E-state index in [1.165, 1.54) is 16.9 Å². The van der Waals surface area contributed by atoms with E-state index in [0.717, 1.165) is 37.2 Å². The number of pyridine rings is 1. The van der Waals surface area contributed by atoms with Crippen LogP contribution in [0.5, 0.6) is 5.75 Å². The zero-order valence-corrected chi connectivity index (χ0v) is 15.6. The Morgan fingerprint density at radius 1 is 1.29 bits per heavy atom. The van der Waals surface area contributed by atoms with Crippen molar-refractivity contribution < 1.29 is 9.13 Å². The lowest BCUT2D eigenvalue weighted by atomic mass is 9.97. The SMILES string of the molecule is COc1ccc(-n2nc(C3CCCN(Cc4cncc(F)c4)C3)[nH]c2=O)cc1. The number of halogens is 1. The number of benzene rings is 1. The predicted molar refractivity (Wildman–Crippen MR) is 102 cm³/mol. The van der Waals surface area contributed by atoms with Crippen LogP contribution in [0.4, 0.5) is 4.39 Å². The van der Waals surface area contributed by atoms with Gasteiger partial charge in [0.2, 0.25) is 0 Å². The molecule has 0 amide bonds. The van der Waals surface area contributed by atoms with Crippen LogP contribution >= 0.6 is 0 Å². The summed E-state index contributed by atoms with van der Waals surface area (Å²) in [7, 11) is 1.60. The van der Waals surface area contributed by atoms with Crippen molar-refractivity contribution >= 4 is 0 Å². The summed E-state index contributed by atoms with van der Waals surface area (Å²) in [6.45, 7) is 2.31. The second-order valence-electron chi connectivity index (χ2n) is 7.01. The first-order valence-corrected chi connectivity index (χ1v) is 9.28. The molecule has 1 aliphatic heterocycles. The fourth-order valence-electron chi connectivity index (χ4n) is 3.65. The zero-order valence-electron chi connectivity index (χ0n) is 15.6. The quantitative estimate of drug-likeness (QED) is 0.733. The molecule has 0 aliphatic carbocycles. The van der Waals surface area contributed by atoms with Crippen molar-refractivity contribution in [2.75, 3.05) is 20.2 Å². The van der Waals surface area contributed by atoms with Crippen molar-refractivity contribution in [3.05, 3.63) is 70.4 Å². The molecule has 0 bridgehead atoms. The highest BCUT2D eigenvalue weighted by atomic mass is 19.1. The summed E-state index contributed by atoms with van der Waals surface area (Å²) in [5.41, 5.74) is 1.27. The molecule has 0 spiro atoms. The molecule has 1 atom stereocenters. The molecule has 1 fully saturated rings. The molecule has 8 heteroatoms. The number of ether oxygens (including phenoxy) is 1. The molecule has 1 aromatic carbocycles. The minimum Gasteiger partial charge on any atom is -0.497 e. The third-order valence-electron chi connectivity index (χ3n) is 5.01. The van der Waals surface area contributed by atoms with Gasteiger partial charge in [0, 0.05) is 25.2 Å². The monoisotopic (exact) mass is 383 g/mol. The van der Waals surface area contributed by atoms with Crippen LogP contribution in [0.25, 0.3) is 5.69 Å². The Morgan fingerprint density at radius 3 is 2.86 bits per heavy atom. The number of aromatic amines is 1. The van der Waals surface area contributed by atoms with E-state index in [4.69, 9.17) is 4.74 Å². The number of rotatable bonds is 5. The molecule has 7 nitrogen and oxygen atoms in total. The zero-order chi connectivity index (χ0) is 19.5. The number of piperidine rings is 1. The van der Waals surface area contributed by atoms with E-state index in [1.54, 1.807) is 37.6 Å². The Morgan fingerprint density at radius 2 is 2.11 bits per heavy atom. The van der Waals surface area contributed by atoms with Crippen LogP contribution in [0.15, 0.2) is 47.5 Å². The van der Waals surface area contributed by atoms with Crippen molar-refractivity contribution in [1.29, 1.82) is 0 Å². The van der Waals surface area contributed by atoms with Gasteiger partial charge in [-0.1, -0.05) is 0 Å². The fourth-order valence-corrected chi connectivity index (χ4v) is 3.65. The molecule has 2 aromatic heterocycles. The van der Waals surface area contributed by atoms with Gasteiger partial charge in [0.1, 0.15) is 17.4 Å². The minimum atomic E-state index is -0.325. The highest BCUT2D eigenvalue weighted by Gasteiger charge is 2.25. The second-order valence-corrected chi connectivity index (χ2v) is 7.01. The molecule has 4 rings (SSSR count).